The summed E-state index contributed by atoms with van der Waals surface area (Å²) in [5.74, 6) is -2.19. The van der Waals surface area contributed by atoms with Gasteiger partial charge in [-0.3, -0.25) is 4.79 Å². The fourth-order valence-corrected chi connectivity index (χ4v) is 1.77. The number of halogens is 4. The lowest BCUT2D eigenvalue weighted by Crippen LogP contribution is -2.20. The molecule has 0 atom stereocenters. The van der Waals surface area contributed by atoms with Gasteiger partial charge in [0.2, 0.25) is 0 Å². The van der Waals surface area contributed by atoms with E-state index in [1.807, 2.05) is 0 Å². The second-order valence-corrected chi connectivity index (χ2v) is 4.86. The van der Waals surface area contributed by atoms with Gasteiger partial charge in [-0.25, -0.2) is 8.78 Å². The van der Waals surface area contributed by atoms with Gasteiger partial charge < -0.3 is 10.1 Å². The van der Waals surface area contributed by atoms with Crippen molar-refractivity contribution in [2.75, 3.05) is 11.9 Å². The molecule has 7 heteroatoms. The van der Waals surface area contributed by atoms with E-state index in [1.54, 1.807) is 6.07 Å². The fourth-order valence-electron chi connectivity index (χ4n) is 1.49. The zero-order valence-corrected chi connectivity index (χ0v) is 12.0. The monoisotopic (exact) mass is 331 g/mol. The predicted molar refractivity (Wildman–Crippen MR) is 76.9 cm³/mol. The van der Waals surface area contributed by atoms with Gasteiger partial charge in [0.15, 0.2) is 18.2 Å². The molecule has 0 heterocycles. The highest BCUT2D eigenvalue weighted by molar-refractivity contribution is 6.42. The molecule has 0 unspecified atom stereocenters. The van der Waals surface area contributed by atoms with E-state index in [-0.39, 0.29) is 12.3 Å². The Kier molecular flexibility index (Phi) is 4.98. The van der Waals surface area contributed by atoms with Crippen LogP contribution in [0.5, 0.6) is 5.75 Å². The van der Waals surface area contributed by atoms with Crippen molar-refractivity contribution in [3.63, 3.8) is 0 Å². The Morgan fingerprint density at radius 2 is 1.81 bits per heavy atom. The first-order chi connectivity index (χ1) is 9.95. The van der Waals surface area contributed by atoms with Crippen molar-refractivity contribution in [2.45, 2.75) is 0 Å². The van der Waals surface area contributed by atoms with Crippen LogP contribution in [0.2, 0.25) is 10.0 Å². The van der Waals surface area contributed by atoms with Crippen molar-refractivity contribution in [1.82, 2.24) is 0 Å². The van der Waals surface area contributed by atoms with Gasteiger partial charge in [0.25, 0.3) is 5.91 Å². The van der Waals surface area contributed by atoms with Crippen LogP contribution < -0.4 is 10.1 Å². The number of nitrogens with one attached hydrogen (secondary N) is 1. The number of hydrogen-bond acceptors (Lipinski definition) is 2. The van der Waals surface area contributed by atoms with Crippen molar-refractivity contribution in [2.24, 2.45) is 0 Å². The van der Waals surface area contributed by atoms with Crippen molar-refractivity contribution in [3.05, 3.63) is 58.1 Å². The van der Waals surface area contributed by atoms with E-state index in [4.69, 9.17) is 27.9 Å². The molecule has 2 rings (SSSR count). The third-order valence-corrected chi connectivity index (χ3v) is 3.20. The second kappa shape index (κ2) is 6.74. The van der Waals surface area contributed by atoms with Crippen LogP contribution in [-0.4, -0.2) is 12.5 Å². The van der Waals surface area contributed by atoms with E-state index in [1.165, 1.54) is 18.2 Å². The molecule has 2 aromatic carbocycles. The van der Waals surface area contributed by atoms with Crippen molar-refractivity contribution < 1.29 is 18.3 Å². The van der Waals surface area contributed by atoms with Crippen LogP contribution in [0.15, 0.2) is 36.4 Å². The van der Waals surface area contributed by atoms with Gasteiger partial charge >= 0.3 is 0 Å². The maximum atomic E-state index is 13.0. The Morgan fingerprint density at radius 3 is 2.48 bits per heavy atom. The SMILES string of the molecule is O=C(COc1ccc(Cl)c(Cl)c1)Nc1ccc(F)c(F)c1. The molecule has 0 aliphatic carbocycles. The summed E-state index contributed by atoms with van der Waals surface area (Å²) in [6.45, 7) is -0.309. The molecule has 110 valence electrons. The summed E-state index contributed by atoms with van der Waals surface area (Å²) in [6, 6.07) is 7.60. The molecule has 0 saturated carbocycles. The number of carbonyl (C=O) groups is 1. The van der Waals surface area contributed by atoms with Crippen LogP contribution in [0.3, 0.4) is 0 Å². The minimum atomic E-state index is -1.04. The number of benzene rings is 2. The maximum Gasteiger partial charge on any atom is 0.262 e. The third-order valence-electron chi connectivity index (χ3n) is 2.46. The van der Waals surface area contributed by atoms with E-state index in [0.29, 0.717) is 15.8 Å². The Labute approximate surface area is 129 Å². The highest BCUT2D eigenvalue weighted by Gasteiger charge is 2.08. The Hall–Kier alpha value is -1.85. The fraction of sp³-hybridized carbons (Fsp3) is 0.0714. The van der Waals surface area contributed by atoms with E-state index in [0.717, 1.165) is 12.1 Å². The van der Waals surface area contributed by atoms with E-state index in [9.17, 15) is 13.6 Å². The molecule has 0 radical (unpaired) electrons. The predicted octanol–water partition coefficient (Wildman–Crippen LogP) is 4.29. The summed E-state index contributed by atoms with van der Waals surface area (Å²) >= 11 is 11.5. The van der Waals surface area contributed by atoms with Gasteiger partial charge in [-0.2, -0.15) is 0 Å². The van der Waals surface area contributed by atoms with Crippen LogP contribution in [0.25, 0.3) is 0 Å². The quantitative estimate of drug-likeness (QED) is 0.907. The van der Waals surface area contributed by atoms with Gasteiger partial charge in [0.05, 0.1) is 10.0 Å². The summed E-state index contributed by atoms with van der Waals surface area (Å²) in [6.07, 6.45) is 0. The molecule has 0 fully saturated rings. The number of carbonyl (C=O) groups excluding carboxylic acids is 1. The van der Waals surface area contributed by atoms with Gasteiger partial charge in [-0.15, -0.1) is 0 Å². The van der Waals surface area contributed by atoms with Crippen LogP contribution in [0.4, 0.5) is 14.5 Å². The maximum absolute atomic E-state index is 13.0. The first-order valence-electron chi connectivity index (χ1n) is 5.78. The molecule has 3 nitrogen and oxygen atoms in total. The largest absolute Gasteiger partial charge is 0.484 e. The molecule has 0 bridgehead atoms. The Balaban J connectivity index is 1.92. The van der Waals surface area contributed by atoms with Crippen LogP contribution in [0, 0.1) is 11.6 Å². The average molecular weight is 332 g/mol. The number of amides is 1. The smallest absolute Gasteiger partial charge is 0.262 e. The molecule has 1 N–H and O–H groups in total. The number of ether oxygens (including phenoxy) is 1. The third kappa shape index (κ3) is 4.31. The number of anilines is 1. The molecule has 2 aromatic rings. The van der Waals surface area contributed by atoms with Gasteiger partial charge in [-0.1, -0.05) is 23.2 Å². The molecule has 1 amide bonds. The first kappa shape index (κ1) is 15.5. The topological polar surface area (TPSA) is 38.3 Å². The minimum Gasteiger partial charge on any atom is -0.484 e. The Morgan fingerprint density at radius 1 is 1.05 bits per heavy atom. The normalized spacial score (nSPS) is 10.3. The van der Waals surface area contributed by atoms with Crippen molar-refractivity contribution >= 4 is 34.8 Å². The summed E-state index contributed by atoms with van der Waals surface area (Å²) in [5.41, 5.74) is 0.136. The van der Waals surface area contributed by atoms with Gasteiger partial charge in [-0.05, 0) is 24.3 Å². The highest BCUT2D eigenvalue weighted by atomic mass is 35.5. The van der Waals surface area contributed by atoms with Crippen LogP contribution >= 0.6 is 23.2 Å². The molecule has 0 aliphatic rings. The molecule has 0 saturated heterocycles. The second-order valence-electron chi connectivity index (χ2n) is 4.04. The standard InChI is InChI=1S/C14H9Cl2F2NO2/c15-10-3-2-9(6-11(10)16)21-7-14(20)19-8-1-4-12(17)13(18)5-8/h1-6H,7H2,(H,19,20). The molecule has 0 aromatic heterocycles. The van der Waals surface area contributed by atoms with Crippen LogP contribution in [-0.2, 0) is 4.79 Å². The lowest BCUT2D eigenvalue weighted by atomic mass is 10.3. The minimum absolute atomic E-state index is 0.136. The lowest BCUT2D eigenvalue weighted by Gasteiger charge is -2.08. The zero-order valence-electron chi connectivity index (χ0n) is 10.5. The molecule has 0 spiro atoms. The van der Waals surface area contributed by atoms with E-state index in [2.05, 4.69) is 5.32 Å². The van der Waals surface area contributed by atoms with Crippen LogP contribution in [0.1, 0.15) is 0 Å². The van der Waals surface area contributed by atoms with Gasteiger partial charge in [0.1, 0.15) is 5.75 Å². The molecule has 0 aliphatic heterocycles. The summed E-state index contributed by atoms with van der Waals surface area (Å²) in [7, 11) is 0. The zero-order chi connectivity index (χ0) is 15.4. The first-order valence-corrected chi connectivity index (χ1v) is 6.54. The molecule has 21 heavy (non-hydrogen) atoms. The molecular weight excluding hydrogens is 323 g/mol. The average Bonchev–Trinajstić information content (AvgIpc) is 2.44. The number of rotatable bonds is 4. The van der Waals surface area contributed by atoms with Crippen molar-refractivity contribution in [3.8, 4) is 5.75 Å². The Bertz CT molecular complexity index is 680. The highest BCUT2D eigenvalue weighted by Crippen LogP contribution is 2.26. The number of hydrogen-bond donors (Lipinski definition) is 1. The van der Waals surface area contributed by atoms with E-state index >= 15 is 0 Å². The van der Waals surface area contributed by atoms with Gasteiger partial charge in [0, 0.05) is 17.8 Å². The molecular formula is C14H9Cl2F2NO2. The van der Waals surface area contributed by atoms with E-state index < -0.39 is 17.5 Å². The summed E-state index contributed by atoms with van der Waals surface area (Å²) < 4.78 is 30.9. The summed E-state index contributed by atoms with van der Waals surface area (Å²) in [5, 5.41) is 3.05. The summed E-state index contributed by atoms with van der Waals surface area (Å²) in [4.78, 5) is 11.6. The van der Waals surface area contributed by atoms with Crippen molar-refractivity contribution in [1.29, 1.82) is 0 Å². The lowest BCUT2D eigenvalue weighted by molar-refractivity contribution is -0.118.